The predicted molar refractivity (Wildman–Crippen MR) is 67.4 cm³/mol. The average molecular weight is 238 g/mol. The standard InChI is InChI=1S/C8H8O3S.C4H6/c9-12(10,11)7-6-8-4-2-1-3-5-8;1-3-4-2/h1-7H,(H,9,10,11);3-4H,1-2H2. The van der Waals surface area contributed by atoms with Gasteiger partial charge in [0, 0.05) is 0 Å². The summed E-state index contributed by atoms with van der Waals surface area (Å²) in [5, 5.41) is 0.752. The fourth-order valence-electron chi connectivity index (χ4n) is 0.729. The maximum Gasteiger partial charge on any atom is 0.287 e. The van der Waals surface area contributed by atoms with E-state index in [-0.39, 0.29) is 0 Å². The molecule has 0 saturated carbocycles. The van der Waals surface area contributed by atoms with E-state index in [9.17, 15) is 8.42 Å². The summed E-state index contributed by atoms with van der Waals surface area (Å²) in [7, 11) is -4.00. The molecule has 0 unspecified atom stereocenters. The largest absolute Gasteiger partial charge is 0.287 e. The van der Waals surface area contributed by atoms with E-state index in [0.29, 0.717) is 0 Å². The summed E-state index contributed by atoms with van der Waals surface area (Å²) in [6.45, 7) is 6.72. The van der Waals surface area contributed by atoms with Gasteiger partial charge in [0.2, 0.25) is 0 Å². The third-order valence-corrected chi connectivity index (χ3v) is 1.88. The minimum atomic E-state index is -4.00. The van der Waals surface area contributed by atoms with E-state index in [1.807, 2.05) is 6.07 Å². The number of hydrogen-bond donors (Lipinski definition) is 1. The molecular formula is C12H14O3S. The first-order chi connectivity index (χ1) is 7.49. The van der Waals surface area contributed by atoms with Crippen molar-refractivity contribution in [1.29, 1.82) is 0 Å². The van der Waals surface area contributed by atoms with Crippen LogP contribution in [-0.4, -0.2) is 13.0 Å². The maximum atomic E-state index is 10.3. The highest BCUT2D eigenvalue weighted by atomic mass is 32.2. The predicted octanol–water partition coefficient (Wildman–Crippen LogP) is 2.90. The maximum absolute atomic E-state index is 10.3. The van der Waals surface area contributed by atoms with E-state index in [1.54, 1.807) is 36.4 Å². The lowest BCUT2D eigenvalue weighted by Crippen LogP contribution is -1.88. The molecule has 1 aromatic rings. The van der Waals surface area contributed by atoms with Gasteiger partial charge in [0.1, 0.15) is 0 Å². The first kappa shape index (κ1) is 14.4. The summed E-state index contributed by atoms with van der Waals surface area (Å²) in [5.41, 5.74) is 0.732. The van der Waals surface area contributed by atoms with Crippen molar-refractivity contribution in [1.82, 2.24) is 0 Å². The van der Waals surface area contributed by atoms with Crippen LogP contribution in [0.2, 0.25) is 0 Å². The minimum Gasteiger partial charge on any atom is -0.282 e. The summed E-state index contributed by atoms with van der Waals surface area (Å²) in [6.07, 6.45) is 4.61. The smallest absolute Gasteiger partial charge is 0.282 e. The van der Waals surface area contributed by atoms with Crippen LogP contribution in [0.3, 0.4) is 0 Å². The third kappa shape index (κ3) is 8.93. The molecule has 86 valence electrons. The van der Waals surface area contributed by atoms with Crippen molar-refractivity contribution >= 4 is 16.2 Å². The Kier molecular flexibility index (Phi) is 6.83. The molecule has 0 fully saturated rings. The van der Waals surface area contributed by atoms with Crippen LogP contribution in [0.4, 0.5) is 0 Å². The highest BCUT2D eigenvalue weighted by Crippen LogP contribution is 2.01. The van der Waals surface area contributed by atoms with E-state index in [4.69, 9.17) is 4.55 Å². The van der Waals surface area contributed by atoms with E-state index in [2.05, 4.69) is 13.2 Å². The molecule has 0 aliphatic rings. The van der Waals surface area contributed by atoms with Crippen LogP contribution in [0.25, 0.3) is 6.08 Å². The van der Waals surface area contributed by atoms with E-state index in [1.165, 1.54) is 6.08 Å². The Bertz CT molecular complexity index is 438. The van der Waals surface area contributed by atoms with Crippen molar-refractivity contribution < 1.29 is 13.0 Å². The molecule has 0 saturated heterocycles. The first-order valence-electron chi connectivity index (χ1n) is 4.43. The normalized spacial score (nSPS) is 10.3. The van der Waals surface area contributed by atoms with Gasteiger partial charge < -0.3 is 0 Å². The zero-order valence-electron chi connectivity index (χ0n) is 8.78. The van der Waals surface area contributed by atoms with E-state index < -0.39 is 10.1 Å². The molecule has 0 heterocycles. The number of benzene rings is 1. The fourth-order valence-corrected chi connectivity index (χ4v) is 1.06. The highest BCUT2D eigenvalue weighted by molar-refractivity contribution is 7.88. The van der Waals surface area contributed by atoms with Gasteiger partial charge in [-0.3, -0.25) is 4.55 Å². The Morgan fingerprint density at radius 1 is 1.06 bits per heavy atom. The Morgan fingerprint density at radius 2 is 1.56 bits per heavy atom. The molecule has 3 nitrogen and oxygen atoms in total. The van der Waals surface area contributed by atoms with Gasteiger partial charge in [-0.1, -0.05) is 55.6 Å². The van der Waals surface area contributed by atoms with Crippen molar-refractivity contribution in [2.24, 2.45) is 0 Å². The van der Waals surface area contributed by atoms with Gasteiger partial charge in [-0.2, -0.15) is 8.42 Å². The molecule has 0 amide bonds. The van der Waals surface area contributed by atoms with Crippen molar-refractivity contribution in [2.75, 3.05) is 0 Å². The molecule has 0 radical (unpaired) electrons. The van der Waals surface area contributed by atoms with Crippen LogP contribution in [0.5, 0.6) is 0 Å². The summed E-state index contributed by atoms with van der Waals surface area (Å²) < 4.78 is 28.9. The Hall–Kier alpha value is -1.65. The lowest BCUT2D eigenvalue weighted by atomic mass is 10.2. The topological polar surface area (TPSA) is 54.4 Å². The Labute approximate surface area is 96.2 Å². The molecule has 0 spiro atoms. The van der Waals surface area contributed by atoms with Gasteiger partial charge >= 0.3 is 0 Å². The molecule has 16 heavy (non-hydrogen) atoms. The van der Waals surface area contributed by atoms with Crippen molar-refractivity contribution in [2.45, 2.75) is 0 Å². The molecule has 4 heteroatoms. The molecule has 1 N–H and O–H groups in total. The third-order valence-electron chi connectivity index (χ3n) is 1.40. The lowest BCUT2D eigenvalue weighted by molar-refractivity contribution is 0.494. The zero-order valence-corrected chi connectivity index (χ0v) is 9.60. The second kappa shape index (κ2) is 7.62. The molecule has 0 bridgehead atoms. The van der Waals surface area contributed by atoms with Crippen molar-refractivity contribution in [3.63, 3.8) is 0 Å². The second-order valence-corrected chi connectivity index (χ2v) is 4.00. The molecule has 0 aliphatic carbocycles. The molecule has 0 atom stereocenters. The second-order valence-electron chi connectivity index (χ2n) is 2.70. The van der Waals surface area contributed by atoms with Gasteiger partial charge in [-0.25, -0.2) is 0 Å². The van der Waals surface area contributed by atoms with Gasteiger partial charge in [0.05, 0.1) is 5.41 Å². The monoisotopic (exact) mass is 238 g/mol. The minimum absolute atomic E-state index is 0.732. The van der Waals surface area contributed by atoms with E-state index in [0.717, 1.165) is 11.0 Å². The summed E-state index contributed by atoms with van der Waals surface area (Å²) in [4.78, 5) is 0. The van der Waals surface area contributed by atoms with Crippen LogP contribution in [0, 0.1) is 0 Å². The average Bonchev–Trinajstić information content (AvgIpc) is 2.27. The molecule has 0 aromatic heterocycles. The van der Waals surface area contributed by atoms with Crippen LogP contribution in [-0.2, 0) is 10.1 Å². The van der Waals surface area contributed by atoms with Crippen LogP contribution in [0.1, 0.15) is 5.56 Å². The van der Waals surface area contributed by atoms with Gasteiger partial charge in [0.25, 0.3) is 10.1 Å². The quantitative estimate of drug-likeness (QED) is 0.650. The van der Waals surface area contributed by atoms with Gasteiger partial charge in [-0.15, -0.1) is 0 Å². The molecule has 0 aliphatic heterocycles. The molecule has 1 aromatic carbocycles. The van der Waals surface area contributed by atoms with Crippen LogP contribution < -0.4 is 0 Å². The summed E-state index contributed by atoms with van der Waals surface area (Å²) in [5.74, 6) is 0. The number of allylic oxidation sites excluding steroid dienone is 2. The zero-order chi connectivity index (χ0) is 12.4. The Balaban J connectivity index is 0.000000487. The van der Waals surface area contributed by atoms with Crippen molar-refractivity contribution in [3.8, 4) is 0 Å². The van der Waals surface area contributed by atoms with Crippen molar-refractivity contribution in [3.05, 3.63) is 66.6 Å². The molecule has 1 rings (SSSR count). The van der Waals surface area contributed by atoms with Crippen LogP contribution in [0.15, 0.2) is 61.0 Å². The highest BCUT2D eigenvalue weighted by Gasteiger charge is 1.94. The number of rotatable bonds is 3. The number of hydrogen-bond acceptors (Lipinski definition) is 2. The molecular weight excluding hydrogens is 224 g/mol. The SMILES string of the molecule is C=CC=C.O=S(=O)(O)C=Cc1ccccc1. The summed E-state index contributed by atoms with van der Waals surface area (Å²) >= 11 is 0. The van der Waals surface area contributed by atoms with Crippen LogP contribution >= 0.6 is 0 Å². The van der Waals surface area contributed by atoms with E-state index >= 15 is 0 Å². The Morgan fingerprint density at radius 3 is 1.94 bits per heavy atom. The first-order valence-corrected chi connectivity index (χ1v) is 5.94. The summed E-state index contributed by atoms with van der Waals surface area (Å²) in [6, 6.07) is 8.86. The van der Waals surface area contributed by atoms with Gasteiger partial charge in [-0.05, 0) is 11.6 Å². The fraction of sp³-hybridized carbons (Fsp3) is 0. The lowest BCUT2D eigenvalue weighted by Gasteiger charge is -1.89. The van der Waals surface area contributed by atoms with Gasteiger partial charge in [0.15, 0.2) is 0 Å².